The normalized spacial score (nSPS) is 43.9. The Bertz CT molecular complexity index is 910. The number of carbonyl (C=O) groups excluding carboxylic acids is 3. The molecule has 33 heavy (non-hydrogen) atoms. The smallest absolute Gasteiger partial charge is 0.306 e. The molecule has 7 nitrogen and oxygen atoms in total. The molecule has 4 N–H and O–H groups in total. The van der Waals surface area contributed by atoms with Crippen LogP contribution in [0.25, 0.3) is 0 Å². The molecule has 0 heterocycles. The molecule has 4 rings (SSSR count). The molecule has 0 radical (unpaired) electrons. The average Bonchev–Trinajstić information content (AvgIpc) is 3.03. The van der Waals surface area contributed by atoms with E-state index in [1.165, 1.54) is 0 Å². The predicted octanol–water partition coefficient (Wildman–Crippen LogP) is 2.09. The van der Waals surface area contributed by atoms with E-state index in [0.717, 1.165) is 12.0 Å². The van der Waals surface area contributed by atoms with Gasteiger partial charge in [-0.3, -0.25) is 14.4 Å². The van der Waals surface area contributed by atoms with Crippen LogP contribution in [0, 0.1) is 34.5 Å². The molecule has 4 aliphatic carbocycles. The highest BCUT2D eigenvalue weighted by atomic mass is 16.5. The Morgan fingerprint density at radius 2 is 2.03 bits per heavy atom. The Morgan fingerprint density at radius 3 is 2.73 bits per heavy atom. The number of ether oxygens (including phenoxy) is 1. The van der Waals surface area contributed by atoms with E-state index in [0.29, 0.717) is 32.2 Å². The molecule has 0 aromatic carbocycles. The number of hydrogen-bond donors (Lipinski definition) is 3. The molecule has 3 fully saturated rings. The third-order valence-corrected chi connectivity index (χ3v) is 9.38. The Hall–Kier alpha value is -1.83. The van der Waals surface area contributed by atoms with Gasteiger partial charge in [0.1, 0.15) is 5.60 Å². The molecule has 0 aromatic heterocycles. The van der Waals surface area contributed by atoms with Gasteiger partial charge in [0.05, 0.1) is 6.10 Å². The maximum Gasteiger partial charge on any atom is 0.306 e. The number of hydrogen-bond acceptors (Lipinski definition) is 7. The number of aliphatic hydroxyl groups excluding tert-OH is 1. The van der Waals surface area contributed by atoms with Crippen molar-refractivity contribution in [2.45, 2.75) is 71.0 Å². The second-order valence-corrected chi connectivity index (χ2v) is 11.1. The summed E-state index contributed by atoms with van der Waals surface area (Å²) in [5.74, 6) is -0.723. The van der Waals surface area contributed by atoms with Gasteiger partial charge in [-0.15, -0.1) is 0 Å². The highest BCUT2D eigenvalue weighted by molar-refractivity contribution is 6.01. The summed E-state index contributed by atoms with van der Waals surface area (Å²) in [6.07, 6.45) is 7.28. The lowest BCUT2D eigenvalue weighted by Gasteiger charge is -2.60. The number of Topliss-reactive ketones (excluding diaryl/α,β-unsaturated/α-hetero) is 1. The zero-order valence-corrected chi connectivity index (χ0v) is 19.9. The largest absolute Gasteiger partial charge is 0.458 e. The van der Waals surface area contributed by atoms with Crippen molar-refractivity contribution in [3.63, 3.8) is 0 Å². The van der Waals surface area contributed by atoms with Crippen molar-refractivity contribution in [2.75, 3.05) is 13.2 Å². The fraction of sp³-hybridized carbons (Fsp3) is 0.731. The average molecular weight is 460 g/mol. The quantitative estimate of drug-likeness (QED) is 0.519. The van der Waals surface area contributed by atoms with Gasteiger partial charge in [0.2, 0.25) is 5.78 Å². The third-order valence-electron chi connectivity index (χ3n) is 9.38. The highest BCUT2D eigenvalue weighted by Crippen LogP contribution is 2.67. The number of carbonyl (C=O) groups is 3. The van der Waals surface area contributed by atoms with Crippen LogP contribution in [0.1, 0.15) is 59.3 Å². The Kier molecular flexibility index (Phi) is 6.21. The van der Waals surface area contributed by atoms with Gasteiger partial charge in [-0.05, 0) is 68.6 Å². The number of aliphatic hydroxyl groups is 2. The number of nitrogens with two attached hydrogens (primary N) is 1. The van der Waals surface area contributed by atoms with Crippen LogP contribution in [0.2, 0.25) is 0 Å². The second-order valence-electron chi connectivity index (χ2n) is 11.1. The van der Waals surface area contributed by atoms with E-state index >= 15 is 0 Å². The molecule has 182 valence electrons. The van der Waals surface area contributed by atoms with Crippen LogP contribution in [0.5, 0.6) is 0 Å². The minimum absolute atomic E-state index is 0.00948. The number of esters is 1. The second kappa shape index (κ2) is 8.43. The zero-order valence-electron chi connectivity index (χ0n) is 19.9. The predicted molar refractivity (Wildman–Crippen MR) is 122 cm³/mol. The van der Waals surface area contributed by atoms with Gasteiger partial charge in [0.15, 0.2) is 12.4 Å². The fourth-order valence-electron chi connectivity index (χ4n) is 7.80. The molecule has 0 bridgehead atoms. The lowest BCUT2D eigenvalue weighted by Crippen LogP contribution is -2.62. The monoisotopic (exact) mass is 459 g/mol. The summed E-state index contributed by atoms with van der Waals surface area (Å²) in [7, 11) is 0. The minimum atomic E-state index is -1.64. The van der Waals surface area contributed by atoms with Crippen LogP contribution in [0.4, 0.5) is 0 Å². The molecule has 7 heteroatoms. The Morgan fingerprint density at radius 1 is 1.30 bits per heavy atom. The molecule has 0 unspecified atom stereocenters. The molecule has 3 saturated carbocycles. The van der Waals surface area contributed by atoms with Gasteiger partial charge in [-0.1, -0.05) is 32.4 Å². The summed E-state index contributed by atoms with van der Waals surface area (Å²) in [5.41, 5.74) is 3.63. The molecule has 0 spiro atoms. The van der Waals surface area contributed by atoms with Crippen LogP contribution < -0.4 is 5.73 Å². The summed E-state index contributed by atoms with van der Waals surface area (Å²) >= 11 is 0. The Labute approximate surface area is 195 Å². The minimum Gasteiger partial charge on any atom is -0.458 e. The highest BCUT2D eigenvalue weighted by Gasteiger charge is 2.68. The van der Waals surface area contributed by atoms with Crippen molar-refractivity contribution in [3.05, 3.63) is 23.8 Å². The van der Waals surface area contributed by atoms with Crippen LogP contribution in [-0.4, -0.2) is 52.6 Å². The van der Waals surface area contributed by atoms with Gasteiger partial charge in [0, 0.05) is 23.2 Å². The maximum atomic E-state index is 13.2. The van der Waals surface area contributed by atoms with Crippen molar-refractivity contribution in [2.24, 2.45) is 40.2 Å². The van der Waals surface area contributed by atoms with E-state index in [1.54, 1.807) is 12.2 Å². The lowest BCUT2D eigenvalue weighted by molar-refractivity contribution is -0.182. The van der Waals surface area contributed by atoms with Gasteiger partial charge in [-0.25, -0.2) is 0 Å². The van der Waals surface area contributed by atoms with Crippen LogP contribution in [0.15, 0.2) is 23.8 Å². The molecular weight excluding hydrogens is 422 g/mol. The van der Waals surface area contributed by atoms with Gasteiger partial charge in [-0.2, -0.15) is 0 Å². The van der Waals surface area contributed by atoms with E-state index in [9.17, 15) is 24.6 Å². The van der Waals surface area contributed by atoms with E-state index in [4.69, 9.17) is 10.5 Å². The first-order valence-electron chi connectivity index (χ1n) is 12.2. The molecule has 0 aromatic rings. The first-order valence-corrected chi connectivity index (χ1v) is 12.2. The summed E-state index contributed by atoms with van der Waals surface area (Å²) in [5, 5.41) is 23.1. The first kappa shape index (κ1) is 24.3. The van der Waals surface area contributed by atoms with Crippen LogP contribution >= 0.6 is 0 Å². The van der Waals surface area contributed by atoms with E-state index in [2.05, 4.69) is 13.8 Å². The molecular formula is C26H37NO6. The van der Waals surface area contributed by atoms with Crippen molar-refractivity contribution in [1.82, 2.24) is 0 Å². The van der Waals surface area contributed by atoms with Crippen molar-refractivity contribution in [1.29, 1.82) is 0 Å². The molecule has 8 atom stereocenters. The molecule has 0 saturated heterocycles. The van der Waals surface area contributed by atoms with Crippen molar-refractivity contribution in [3.8, 4) is 0 Å². The summed E-state index contributed by atoms with van der Waals surface area (Å²) < 4.78 is 5.14. The molecule has 0 amide bonds. The Balaban J connectivity index is 1.59. The SMILES string of the molecule is C[C@H]1C[C@@H]2[C@H]([C@@H](O)C[C@@]3(C)[C@H]2CC[C@]3(O)C(=O)COC(=O)CCCN)[C@@]2(C)C=CC(=O)C=C12. The number of fused-ring (bicyclic) bond motifs is 5. The number of allylic oxidation sites excluding steroid dienone is 4. The van der Waals surface area contributed by atoms with Gasteiger partial charge >= 0.3 is 5.97 Å². The third kappa shape index (κ3) is 3.63. The van der Waals surface area contributed by atoms with Crippen LogP contribution in [-0.2, 0) is 19.1 Å². The molecule has 4 aliphatic rings. The van der Waals surface area contributed by atoms with E-state index < -0.39 is 40.9 Å². The summed E-state index contributed by atoms with van der Waals surface area (Å²) in [6, 6.07) is 0. The van der Waals surface area contributed by atoms with Crippen LogP contribution in [0.3, 0.4) is 0 Å². The standard InChI is InChI=1S/C26H37NO6/c1-15-11-17-18-7-9-26(32,21(30)14-33-22(31)5-4-10-27)25(18,3)13-20(29)23(17)24(2)8-6-16(28)12-19(15)24/h6,8,12,15,17-18,20,23,29,32H,4-5,7,9-11,13-14,27H2,1-3H3/t15-,17-,18-,20-,23+,24-,25-,26-/m0/s1. The topological polar surface area (TPSA) is 127 Å². The van der Waals surface area contributed by atoms with Gasteiger partial charge < -0.3 is 20.7 Å². The summed E-state index contributed by atoms with van der Waals surface area (Å²) in [4.78, 5) is 37.1. The number of ketones is 2. The maximum absolute atomic E-state index is 13.2. The van der Waals surface area contributed by atoms with E-state index in [1.807, 2.05) is 13.0 Å². The lowest BCUT2D eigenvalue weighted by atomic mass is 9.45. The summed E-state index contributed by atoms with van der Waals surface area (Å²) in [6.45, 7) is 6.05. The number of rotatable bonds is 6. The zero-order chi connectivity index (χ0) is 24.2. The van der Waals surface area contributed by atoms with E-state index in [-0.39, 0.29) is 35.9 Å². The van der Waals surface area contributed by atoms with Crippen molar-refractivity contribution >= 4 is 17.5 Å². The van der Waals surface area contributed by atoms with Gasteiger partial charge in [0.25, 0.3) is 0 Å². The molecule has 0 aliphatic heterocycles. The van der Waals surface area contributed by atoms with Crippen molar-refractivity contribution < 1.29 is 29.3 Å². The fourth-order valence-corrected chi connectivity index (χ4v) is 7.80. The first-order chi connectivity index (χ1) is 15.5.